The highest BCUT2D eigenvalue weighted by Crippen LogP contribution is 2.30. The molecular formula is C17H14ClFN2O3S3. The molecule has 3 heterocycles. The predicted octanol–water partition coefficient (Wildman–Crippen LogP) is 3.90. The van der Waals surface area contributed by atoms with E-state index < -0.39 is 10.0 Å². The van der Waals surface area contributed by atoms with Gasteiger partial charge in [0, 0.05) is 36.3 Å². The van der Waals surface area contributed by atoms with Crippen molar-refractivity contribution >= 4 is 60.3 Å². The Bertz CT molecular complexity index is 1120. The van der Waals surface area contributed by atoms with E-state index in [4.69, 9.17) is 11.6 Å². The molecule has 2 aromatic heterocycles. The van der Waals surface area contributed by atoms with Crippen molar-refractivity contribution in [2.24, 2.45) is 0 Å². The normalized spacial score (nSPS) is 16.1. The van der Waals surface area contributed by atoms with Gasteiger partial charge in [0.15, 0.2) is 0 Å². The number of rotatable bonds is 3. The van der Waals surface area contributed by atoms with Crippen LogP contribution < -0.4 is 0 Å². The molecule has 10 heteroatoms. The van der Waals surface area contributed by atoms with Crippen LogP contribution in [0.25, 0.3) is 10.1 Å². The molecular weight excluding hydrogens is 431 g/mol. The van der Waals surface area contributed by atoms with E-state index in [1.165, 1.54) is 27.8 Å². The molecule has 0 bridgehead atoms. The van der Waals surface area contributed by atoms with Crippen LogP contribution in [0.4, 0.5) is 4.39 Å². The minimum absolute atomic E-state index is 0.201. The Kier molecular flexibility index (Phi) is 4.98. The summed E-state index contributed by atoms with van der Waals surface area (Å²) in [7, 11) is -3.60. The van der Waals surface area contributed by atoms with Crippen molar-refractivity contribution in [3.05, 3.63) is 51.4 Å². The van der Waals surface area contributed by atoms with E-state index in [0.717, 1.165) is 11.3 Å². The van der Waals surface area contributed by atoms with E-state index in [0.29, 0.717) is 19.3 Å². The second-order valence-corrected chi connectivity index (χ2v) is 11.0. The lowest BCUT2D eigenvalue weighted by atomic mass is 10.2. The number of fused-ring (bicyclic) bond motifs is 1. The number of hydrogen-bond donors (Lipinski definition) is 0. The average molecular weight is 445 g/mol. The zero-order valence-electron chi connectivity index (χ0n) is 13.9. The standard InChI is InChI=1S/C17H14ClFN2O3S3/c18-15-4-5-16(26-15)27(23,24)21-8-6-20(7-9-21)17(22)14-10-11-12(19)2-1-3-13(11)25-14/h1-5,10H,6-9H2. The highest BCUT2D eigenvalue weighted by molar-refractivity contribution is 7.91. The third-order valence-corrected chi connectivity index (χ3v) is 9.07. The summed E-state index contributed by atoms with van der Waals surface area (Å²) < 4.78 is 41.8. The molecule has 0 spiro atoms. The molecule has 5 nitrogen and oxygen atoms in total. The zero-order valence-corrected chi connectivity index (χ0v) is 17.1. The Morgan fingerprint density at radius 1 is 1.07 bits per heavy atom. The first kappa shape index (κ1) is 18.8. The maximum Gasteiger partial charge on any atom is 0.264 e. The summed E-state index contributed by atoms with van der Waals surface area (Å²) >= 11 is 8.10. The van der Waals surface area contributed by atoms with E-state index in [2.05, 4.69) is 0 Å². The number of thiophene rings is 2. The fourth-order valence-corrected chi connectivity index (χ4v) is 7.08. The predicted molar refractivity (Wildman–Crippen MR) is 106 cm³/mol. The van der Waals surface area contributed by atoms with Crippen LogP contribution >= 0.6 is 34.3 Å². The molecule has 1 saturated heterocycles. The molecule has 0 unspecified atom stereocenters. The molecule has 0 atom stereocenters. The van der Waals surface area contributed by atoms with E-state index in [-0.39, 0.29) is 42.1 Å². The van der Waals surface area contributed by atoms with Crippen LogP contribution in [0.3, 0.4) is 0 Å². The molecule has 1 aromatic carbocycles. The van der Waals surface area contributed by atoms with Crippen LogP contribution in [-0.4, -0.2) is 49.7 Å². The van der Waals surface area contributed by atoms with Crippen molar-refractivity contribution in [1.82, 2.24) is 9.21 Å². The van der Waals surface area contributed by atoms with Gasteiger partial charge in [-0.2, -0.15) is 4.31 Å². The Balaban J connectivity index is 1.48. The summed E-state index contributed by atoms with van der Waals surface area (Å²) in [6.45, 7) is 0.994. The van der Waals surface area contributed by atoms with Gasteiger partial charge in [0.2, 0.25) is 0 Å². The molecule has 27 heavy (non-hydrogen) atoms. The third kappa shape index (κ3) is 3.50. The first-order valence-electron chi connectivity index (χ1n) is 8.09. The molecule has 0 aliphatic carbocycles. The summed E-state index contributed by atoms with van der Waals surface area (Å²) in [5.41, 5.74) is 0. The van der Waals surface area contributed by atoms with Crippen molar-refractivity contribution in [3.8, 4) is 0 Å². The molecule has 0 radical (unpaired) electrons. The van der Waals surface area contributed by atoms with Gasteiger partial charge in [-0.3, -0.25) is 4.79 Å². The monoisotopic (exact) mass is 444 g/mol. The van der Waals surface area contributed by atoms with Crippen molar-refractivity contribution in [2.45, 2.75) is 4.21 Å². The van der Waals surface area contributed by atoms with E-state index in [1.807, 2.05) is 0 Å². The second kappa shape index (κ2) is 7.14. The number of amides is 1. The SMILES string of the molecule is O=C(c1cc2c(F)cccc2s1)N1CCN(S(=O)(=O)c2ccc(Cl)s2)CC1. The fourth-order valence-electron chi connectivity index (χ4n) is 2.98. The second-order valence-electron chi connectivity index (χ2n) is 6.02. The largest absolute Gasteiger partial charge is 0.335 e. The van der Waals surface area contributed by atoms with Crippen LogP contribution in [0.2, 0.25) is 4.34 Å². The number of benzene rings is 1. The van der Waals surface area contributed by atoms with Crippen LogP contribution in [-0.2, 0) is 10.0 Å². The number of hydrogen-bond acceptors (Lipinski definition) is 5. The number of nitrogens with zero attached hydrogens (tertiary/aromatic N) is 2. The minimum Gasteiger partial charge on any atom is -0.335 e. The van der Waals surface area contributed by atoms with Crippen LogP contribution in [0.15, 0.2) is 40.6 Å². The average Bonchev–Trinajstić information content (AvgIpc) is 3.29. The zero-order chi connectivity index (χ0) is 19.2. The first-order chi connectivity index (χ1) is 12.9. The molecule has 4 rings (SSSR count). The molecule has 0 N–H and O–H groups in total. The highest BCUT2D eigenvalue weighted by Gasteiger charge is 2.31. The maximum absolute atomic E-state index is 13.9. The molecule has 1 aliphatic heterocycles. The van der Waals surface area contributed by atoms with Crippen LogP contribution in [0, 0.1) is 5.82 Å². The minimum atomic E-state index is -3.60. The topological polar surface area (TPSA) is 57.7 Å². The number of carbonyl (C=O) groups is 1. The molecule has 0 saturated carbocycles. The smallest absolute Gasteiger partial charge is 0.264 e. The van der Waals surface area contributed by atoms with Crippen molar-refractivity contribution in [2.75, 3.05) is 26.2 Å². The van der Waals surface area contributed by atoms with Crippen molar-refractivity contribution in [1.29, 1.82) is 0 Å². The summed E-state index contributed by atoms with van der Waals surface area (Å²) in [6, 6.07) is 9.36. The van der Waals surface area contributed by atoms with Crippen molar-refractivity contribution in [3.63, 3.8) is 0 Å². The number of halogens is 2. The highest BCUT2D eigenvalue weighted by atomic mass is 35.5. The first-order valence-corrected chi connectivity index (χ1v) is 11.5. The van der Waals surface area contributed by atoms with E-state index in [1.54, 1.807) is 29.2 Å². The van der Waals surface area contributed by atoms with Crippen molar-refractivity contribution < 1.29 is 17.6 Å². The lowest BCUT2D eigenvalue weighted by molar-refractivity contribution is 0.0703. The molecule has 142 valence electrons. The number of sulfonamides is 1. The number of carbonyl (C=O) groups excluding carboxylic acids is 1. The van der Waals surface area contributed by atoms with Gasteiger partial charge in [-0.25, -0.2) is 12.8 Å². The molecule has 1 amide bonds. The van der Waals surface area contributed by atoms with Gasteiger partial charge in [-0.05, 0) is 30.3 Å². The lowest BCUT2D eigenvalue weighted by Gasteiger charge is -2.33. The van der Waals surface area contributed by atoms with E-state index >= 15 is 0 Å². The molecule has 3 aromatic rings. The van der Waals surface area contributed by atoms with Gasteiger partial charge in [0.25, 0.3) is 15.9 Å². The lowest BCUT2D eigenvalue weighted by Crippen LogP contribution is -2.50. The summed E-state index contributed by atoms with van der Waals surface area (Å²) in [6.07, 6.45) is 0. The van der Waals surface area contributed by atoms with Crippen LogP contribution in [0.5, 0.6) is 0 Å². The van der Waals surface area contributed by atoms with Crippen LogP contribution in [0.1, 0.15) is 9.67 Å². The Morgan fingerprint density at radius 2 is 1.81 bits per heavy atom. The molecule has 1 fully saturated rings. The Labute approximate surface area is 168 Å². The summed E-state index contributed by atoms with van der Waals surface area (Å²) in [5.74, 6) is -0.555. The Morgan fingerprint density at radius 3 is 2.44 bits per heavy atom. The number of piperazine rings is 1. The summed E-state index contributed by atoms with van der Waals surface area (Å²) in [4.78, 5) is 14.8. The maximum atomic E-state index is 13.9. The molecule has 1 aliphatic rings. The van der Waals surface area contributed by atoms with Gasteiger partial charge < -0.3 is 4.90 Å². The van der Waals surface area contributed by atoms with Gasteiger partial charge in [0.05, 0.1) is 9.21 Å². The van der Waals surface area contributed by atoms with E-state index in [9.17, 15) is 17.6 Å². The van der Waals surface area contributed by atoms with Gasteiger partial charge >= 0.3 is 0 Å². The quantitative estimate of drug-likeness (QED) is 0.615. The van der Waals surface area contributed by atoms with Gasteiger partial charge in [-0.15, -0.1) is 22.7 Å². The third-order valence-electron chi connectivity index (χ3n) is 4.39. The van der Waals surface area contributed by atoms with Gasteiger partial charge in [0.1, 0.15) is 10.0 Å². The van der Waals surface area contributed by atoms with Gasteiger partial charge in [-0.1, -0.05) is 17.7 Å². The summed E-state index contributed by atoms with van der Waals surface area (Å²) in [5, 5.41) is 0.432. The fraction of sp³-hybridized carbons (Fsp3) is 0.235. The Hall–Kier alpha value is -1.52.